The van der Waals surface area contributed by atoms with E-state index in [9.17, 15) is 4.79 Å². The minimum atomic E-state index is 0.000369. The summed E-state index contributed by atoms with van der Waals surface area (Å²) < 4.78 is 10.7. The second-order valence-electron chi connectivity index (χ2n) is 3.85. The summed E-state index contributed by atoms with van der Waals surface area (Å²) in [5.41, 5.74) is 0.648. The molecule has 0 amide bonds. The van der Waals surface area contributed by atoms with Crippen LogP contribution in [0.5, 0.6) is 5.75 Å². The van der Waals surface area contributed by atoms with Crippen molar-refractivity contribution in [3.63, 3.8) is 0 Å². The van der Waals surface area contributed by atoms with E-state index in [0.29, 0.717) is 18.8 Å². The normalized spacial score (nSPS) is 10.2. The molecule has 0 unspecified atom stereocenters. The number of carbonyl (C=O) groups excluding carboxylic acids is 1. The van der Waals surface area contributed by atoms with Crippen LogP contribution < -0.4 is 4.74 Å². The molecule has 0 aliphatic rings. The minimum absolute atomic E-state index is 0.000369. The van der Waals surface area contributed by atoms with Crippen LogP contribution in [0.15, 0.2) is 24.3 Å². The van der Waals surface area contributed by atoms with Gasteiger partial charge in [0.05, 0.1) is 6.61 Å². The molecule has 0 radical (unpaired) electrons. The molecule has 3 heteroatoms. The third kappa shape index (κ3) is 5.00. The van der Waals surface area contributed by atoms with Crippen molar-refractivity contribution in [3.8, 4) is 5.75 Å². The van der Waals surface area contributed by atoms with Crippen LogP contribution in [0.25, 0.3) is 0 Å². The Bertz CT molecular complexity index is 347. The molecule has 94 valence electrons. The number of ketones is 1. The topological polar surface area (TPSA) is 35.5 Å². The number of carbonyl (C=O) groups is 1. The number of ether oxygens (including phenoxy) is 2. The molecular weight excluding hydrogens is 216 g/mol. The predicted octanol–water partition coefficient (Wildman–Crippen LogP) is 3.08. The lowest BCUT2D eigenvalue weighted by atomic mass is 10.1. The maximum atomic E-state index is 11.8. The van der Waals surface area contributed by atoms with Crippen LogP contribution in [0.4, 0.5) is 0 Å². The van der Waals surface area contributed by atoms with Gasteiger partial charge in [0.15, 0.2) is 5.78 Å². The molecule has 3 nitrogen and oxygen atoms in total. The van der Waals surface area contributed by atoms with Gasteiger partial charge in [0, 0.05) is 12.2 Å². The lowest BCUT2D eigenvalue weighted by Crippen LogP contribution is -2.09. The Morgan fingerprint density at radius 2 is 1.94 bits per heavy atom. The van der Waals surface area contributed by atoms with Crippen LogP contribution in [-0.4, -0.2) is 25.6 Å². The second kappa shape index (κ2) is 7.85. The van der Waals surface area contributed by atoms with Crippen molar-refractivity contribution in [2.75, 3.05) is 19.8 Å². The van der Waals surface area contributed by atoms with Crippen molar-refractivity contribution in [1.29, 1.82) is 0 Å². The predicted molar refractivity (Wildman–Crippen MR) is 67.7 cm³/mol. The Hall–Kier alpha value is -1.35. The molecule has 1 aromatic carbocycles. The van der Waals surface area contributed by atoms with Crippen molar-refractivity contribution in [2.45, 2.75) is 26.7 Å². The molecule has 17 heavy (non-hydrogen) atoms. The van der Waals surface area contributed by atoms with Gasteiger partial charge in [-0.1, -0.05) is 26.0 Å². The van der Waals surface area contributed by atoms with Gasteiger partial charge in [0.25, 0.3) is 0 Å². The first-order chi connectivity index (χ1) is 8.27. The summed E-state index contributed by atoms with van der Waals surface area (Å²) in [6.45, 7) is 5.50. The van der Waals surface area contributed by atoms with Crippen LogP contribution in [-0.2, 0) is 4.74 Å². The third-order valence-electron chi connectivity index (χ3n) is 2.21. The standard InChI is InChI=1S/C14H20O3/c1-3-8-16-11-14(15)12-6-5-7-13(10-12)17-9-4-2/h5-7,10H,3-4,8-9,11H2,1-2H3. The van der Waals surface area contributed by atoms with E-state index in [4.69, 9.17) is 9.47 Å². The van der Waals surface area contributed by atoms with E-state index in [1.807, 2.05) is 26.0 Å². The molecule has 0 saturated carbocycles. The van der Waals surface area contributed by atoms with E-state index in [1.54, 1.807) is 12.1 Å². The molecule has 0 aromatic heterocycles. The number of benzene rings is 1. The van der Waals surface area contributed by atoms with E-state index >= 15 is 0 Å². The zero-order valence-electron chi connectivity index (χ0n) is 10.6. The molecule has 0 N–H and O–H groups in total. The van der Waals surface area contributed by atoms with Gasteiger partial charge >= 0.3 is 0 Å². The van der Waals surface area contributed by atoms with Gasteiger partial charge in [-0.15, -0.1) is 0 Å². The summed E-state index contributed by atoms with van der Waals surface area (Å²) >= 11 is 0. The average molecular weight is 236 g/mol. The number of Topliss-reactive ketones (excluding diaryl/α,β-unsaturated/α-hetero) is 1. The Kier molecular flexibility index (Phi) is 6.33. The molecule has 1 rings (SSSR count). The van der Waals surface area contributed by atoms with Crippen LogP contribution in [0.3, 0.4) is 0 Å². The van der Waals surface area contributed by atoms with Gasteiger partial charge in [0.2, 0.25) is 0 Å². The van der Waals surface area contributed by atoms with Crippen molar-refractivity contribution >= 4 is 5.78 Å². The molecule has 0 fully saturated rings. The quantitative estimate of drug-likeness (QED) is 0.514. The molecule has 1 aromatic rings. The zero-order valence-corrected chi connectivity index (χ0v) is 10.6. The fraction of sp³-hybridized carbons (Fsp3) is 0.500. The molecule has 0 spiro atoms. The third-order valence-corrected chi connectivity index (χ3v) is 2.21. The zero-order chi connectivity index (χ0) is 12.5. The first-order valence-electron chi connectivity index (χ1n) is 6.11. The van der Waals surface area contributed by atoms with Gasteiger partial charge in [-0.05, 0) is 25.0 Å². The molecule has 0 atom stereocenters. The largest absolute Gasteiger partial charge is 0.494 e. The smallest absolute Gasteiger partial charge is 0.188 e. The fourth-order valence-corrected chi connectivity index (χ4v) is 1.37. The van der Waals surface area contributed by atoms with Crippen molar-refractivity contribution in [1.82, 2.24) is 0 Å². The SMILES string of the molecule is CCCOCC(=O)c1cccc(OCCC)c1. The van der Waals surface area contributed by atoms with Crippen LogP contribution in [0.2, 0.25) is 0 Å². The number of hydrogen-bond acceptors (Lipinski definition) is 3. The van der Waals surface area contributed by atoms with Crippen molar-refractivity contribution < 1.29 is 14.3 Å². The summed E-state index contributed by atoms with van der Waals surface area (Å²) in [6, 6.07) is 7.25. The number of hydrogen-bond donors (Lipinski definition) is 0. The monoisotopic (exact) mass is 236 g/mol. The molecule has 0 saturated heterocycles. The van der Waals surface area contributed by atoms with E-state index < -0.39 is 0 Å². The molecule has 0 aliphatic carbocycles. The van der Waals surface area contributed by atoms with Crippen molar-refractivity contribution in [3.05, 3.63) is 29.8 Å². The summed E-state index contributed by atoms with van der Waals surface area (Å²) in [5.74, 6) is 0.744. The Balaban J connectivity index is 2.54. The summed E-state index contributed by atoms with van der Waals surface area (Å²) in [4.78, 5) is 11.8. The van der Waals surface area contributed by atoms with E-state index in [-0.39, 0.29) is 12.4 Å². The first-order valence-corrected chi connectivity index (χ1v) is 6.11. The average Bonchev–Trinajstić information content (AvgIpc) is 2.37. The molecule has 0 heterocycles. The highest BCUT2D eigenvalue weighted by molar-refractivity contribution is 5.97. The highest BCUT2D eigenvalue weighted by Gasteiger charge is 2.06. The lowest BCUT2D eigenvalue weighted by Gasteiger charge is -2.06. The maximum Gasteiger partial charge on any atom is 0.188 e. The minimum Gasteiger partial charge on any atom is -0.494 e. The van der Waals surface area contributed by atoms with Crippen LogP contribution >= 0.6 is 0 Å². The highest BCUT2D eigenvalue weighted by atomic mass is 16.5. The number of rotatable bonds is 8. The molecule has 0 aliphatic heterocycles. The lowest BCUT2D eigenvalue weighted by molar-refractivity contribution is 0.0761. The fourth-order valence-electron chi connectivity index (χ4n) is 1.37. The summed E-state index contributed by atoms with van der Waals surface area (Å²) in [5, 5.41) is 0. The van der Waals surface area contributed by atoms with Crippen LogP contribution in [0, 0.1) is 0 Å². The summed E-state index contributed by atoms with van der Waals surface area (Å²) in [6.07, 6.45) is 1.88. The Morgan fingerprint density at radius 3 is 2.65 bits per heavy atom. The highest BCUT2D eigenvalue weighted by Crippen LogP contribution is 2.14. The molecular formula is C14H20O3. The van der Waals surface area contributed by atoms with Gasteiger partial charge in [-0.25, -0.2) is 0 Å². The first kappa shape index (κ1) is 13.7. The van der Waals surface area contributed by atoms with Gasteiger partial charge in [-0.2, -0.15) is 0 Å². The van der Waals surface area contributed by atoms with E-state index in [1.165, 1.54) is 0 Å². The van der Waals surface area contributed by atoms with Crippen molar-refractivity contribution in [2.24, 2.45) is 0 Å². The maximum absolute atomic E-state index is 11.8. The van der Waals surface area contributed by atoms with Crippen LogP contribution in [0.1, 0.15) is 37.0 Å². The summed E-state index contributed by atoms with van der Waals surface area (Å²) in [7, 11) is 0. The second-order valence-corrected chi connectivity index (χ2v) is 3.85. The van der Waals surface area contributed by atoms with Gasteiger partial charge in [0.1, 0.15) is 12.4 Å². The Labute approximate surface area is 103 Å². The Morgan fingerprint density at radius 1 is 1.18 bits per heavy atom. The molecule has 0 bridgehead atoms. The van der Waals surface area contributed by atoms with E-state index in [0.717, 1.165) is 18.6 Å². The van der Waals surface area contributed by atoms with Gasteiger partial charge < -0.3 is 9.47 Å². The van der Waals surface area contributed by atoms with E-state index in [2.05, 4.69) is 0 Å². The van der Waals surface area contributed by atoms with Gasteiger partial charge in [-0.3, -0.25) is 4.79 Å².